The molecule has 6 aliphatic carbocycles. The SMILES string of the molecule is CC12CCC(C)(CC1)c1cc3c4cc(-c5ccccc5)cc5c6cc7c(cc6n(c3cc1C2=O)c45)C(=O)C1(C)CCC7(C)CC1. The lowest BCUT2D eigenvalue weighted by atomic mass is 9.65. The number of nitrogens with zero attached hydrogens (tertiary/aromatic N) is 1. The Kier molecular flexibility index (Phi) is 4.70. The van der Waals surface area contributed by atoms with Gasteiger partial charge in [0, 0.05) is 43.5 Å². The van der Waals surface area contributed by atoms with Crippen LogP contribution in [0.3, 0.4) is 0 Å². The molecular formula is C42H39NO2. The molecule has 3 heteroatoms. The fourth-order valence-electron chi connectivity index (χ4n) is 10.2. The van der Waals surface area contributed by atoms with Crippen molar-refractivity contribution < 1.29 is 9.59 Å². The second kappa shape index (κ2) is 8.05. The minimum atomic E-state index is -0.285. The normalized spacial score (nSPS) is 30.8. The molecule has 6 aromatic rings. The van der Waals surface area contributed by atoms with Crippen molar-refractivity contribution in [2.45, 2.75) is 89.9 Å². The molecule has 6 aliphatic rings. The highest BCUT2D eigenvalue weighted by Crippen LogP contribution is 2.56. The number of fused-ring (bicyclic) bond motifs is 10. The van der Waals surface area contributed by atoms with E-state index in [0.29, 0.717) is 11.6 Å². The van der Waals surface area contributed by atoms with Gasteiger partial charge in [0.15, 0.2) is 11.6 Å². The zero-order valence-electron chi connectivity index (χ0n) is 26.8. The summed E-state index contributed by atoms with van der Waals surface area (Å²) in [4.78, 5) is 28.6. The Balaban J connectivity index is 1.38. The smallest absolute Gasteiger partial charge is 0.169 e. The standard InChI is InChI=1S/C42H39NO2/c1-39-10-14-41(3,15-11-39)37(44)30-22-34-26(20-32(30)39)28-18-25(24-8-6-5-7-9-24)19-29-27-21-33-31(23-35(27)43(34)36(28)29)38(45)42(4)16-12-40(33,2)13-17-42/h5-9,18-23H,10-17H2,1-4H3. The summed E-state index contributed by atoms with van der Waals surface area (Å²) in [5, 5.41) is 4.92. The van der Waals surface area contributed by atoms with Gasteiger partial charge in [0.1, 0.15) is 0 Å². The van der Waals surface area contributed by atoms with E-state index in [4.69, 9.17) is 0 Å². The van der Waals surface area contributed by atoms with Crippen LogP contribution in [0.5, 0.6) is 0 Å². The number of aromatic nitrogens is 1. The van der Waals surface area contributed by atoms with Crippen LogP contribution in [0.15, 0.2) is 66.7 Å². The number of hydrogen-bond acceptors (Lipinski definition) is 2. The largest absolute Gasteiger partial charge is 0.308 e. The Morgan fingerprint density at radius 1 is 0.489 bits per heavy atom. The molecular weight excluding hydrogens is 550 g/mol. The zero-order chi connectivity index (χ0) is 30.7. The van der Waals surface area contributed by atoms with Gasteiger partial charge in [-0.25, -0.2) is 0 Å². The van der Waals surface area contributed by atoms with Crippen LogP contribution in [-0.4, -0.2) is 16.0 Å². The highest BCUT2D eigenvalue weighted by Gasteiger charge is 2.50. The number of carbonyl (C=O) groups is 2. The van der Waals surface area contributed by atoms with Crippen LogP contribution in [0.25, 0.3) is 49.2 Å². The molecule has 0 aliphatic heterocycles. The highest BCUT2D eigenvalue weighted by molar-refractivity contribution is 6.26. The van der Waals surface area contributed by atoms with Crippen molar-refractivity contribution in [2.75, 3.05) is 0 Å². The molecule has 2 fully saturated rings. The van der Waals surface area contributed by atoms with E-state index in [1.165, 1.54) is 49.3 Å². The molecule has 0 spiro atoms. The summed E-state index contributed by atoms with van der Waals surface area (Å²) in [5.41, 5.74) is 9.59. The van der Waals surface area contributed by atoms with E-state index < -0.39 is 0 Å². The van der Waals surface area contributed by atoms with Crippen LogP contribution in [-0.2, 0) is 10.8 Å². The van der Waals surface area contributed by atoms with Gasteiger partial charge >= 0.3 is 0 Å². The lowest BCUT2D eigenvalue weighted by molar-refractivity contribution is 0.0726. The summed E-state index contributed by atoms with van der Waals surface area (Å²) >= 11 is 0. The second-order valence-electron chi connectivity index (χ2n) is 16.4. The Bertz CT molecular complexity index is 2160. The van der Waals surface area contributed by atoms with E-state index in [0.717, 1.165) is 73.5 Å². The van der Waals surface area contributed by atoms with Gasteiger partial charge < -0.3 is 4.40 Å². The first-order chi connectivity index (χ1) is 21.5. The van der Waals surface area contributed by atoms with Crippen LogP contribution < -0.4 is 0 Å². The number of Topliss-reactive ketones (excluding diaryl/α,β-unsaturated/α-hetero) is 2. The maximum absolute atomic E-state index is 14.3. The molecule has 3 nitrogen and oxygen atoms in total. The molecule has 0 atom stereocenters. The van der Waals surface area contributed by atoms with Crippen LogP contribution >= 0.6 is 0 Å². The lowest BCUT2D eigenvalue weighted by Crippen LogP contribution is -2.33. The van der Waals surface area contributed by atoms with Crippen molar-refractivity contribution in [3.8, 4) is 11.1 Å². The third-order valence-corrected chi connectivity index (χ3v) is 13.6. The number of hydrogen-bond donors (Lipinski definition) is 0. The summed E-state index contributed by atoms with van der Waals surface area (Å²) in [5.74, 6) is 0.633. The summed E-state index contributed by atoms with van der Waals surface area (Å²) in [6, 6.07) is 24.7. The molecule has 2 aromatic heterocycles. The Labute approximate surface area is 263 Å². The third-order valence-electron chi connectivity index (χ3n) is 13.6. The van der Waals surface area contributed by atoms with Crippen LogP contribution in [0.4, 0.5) is 0 Å². The van der Waals surface area contributed by atoms with Crippen molar-refractivity contribution in [3.63, 3.8) is 0 Å². The summed E-state index contributed by atoms with van der Waals surface area (Å²) < 4.78 is 2.40. The summed E-state index contributed by atoms with van der Waals surface area (Å²) in [7, 11) is 0. The molecule has 2 saturated carbocycles. The van der Waals surface area contributed by atoms with Crippen LogP contribution in [0.1, 0.15) is 111 Å². The van der Waals surface area contributed by atoms with Crippen molar-refractivity contribution in [3.05, 3.63) is 89.0 Å². The van der Waals surface area contributed by atoms with E-state index in [2.05, 4.69) is 98.8 Å². The second-order valence-corrected chi connectivity index (χ2v) is 16.4. The first kappa shape index (κ1) is 26.3. The minimum absolute atomic E-state index is 0.0133. The van der Waals surface area contributed by atoms with Crippen molar-refractivity contribution >= 4 is 49.7 Å². The molecule has 4 aromatic carbocycles. The van der Waals surface area contributed by atoms with Gasteiger partial charge in [-0.3, -0.25) is 9.59 Å². The molecule has 4 bridgehead atoms. The van der Waals surface area contributed by atoms with Gasteiger partial charge in [0.25, 0.3) is 0 Å². The number of rotatable bonds is 1. The predicted octanol–water partition coefficient (Wildman–Crippen LogP) is 10.6. The van der Waals surface area contributed by atoms with Crippen molar-refractivity contribution in [2.24, 2.45) is 10.8 Å². The number of benzene rings is 4. The van der Waals surface area contributed by atoms with E-state index in [1.54, 1.807) is 0 Å². The molecule has 0 saturated heterocycles. The average Bonchev–Trinajstić information content (AvgIpc) is 3.47. The Hall–Kier alpha value is -3.98. The van der Waals surface area contributed by atoms with Gasteiger partial charge in [-0.15, -0.1) is 0 Å². The first-order valence-electron chi connectivity index (χ1n) is 17.0. The topological polar surface area (TPSA) is 38.5 Å². The average molecular weight is 590 g/mol. The zero-order valence-corrected chi connectivity index (χ0v) is 26.8. The molecule has 2 heterocycles. The first-order valence-corrected chi connectivity index (χ1v) is 17.0. The van der Waals surface area contributed by atoms with E-state index in [-0.39, 0.29) is 21.7 Å². The third kappa shape index (κ3) is 3.13. The molecule has 0 unspecified atom stereocenters. The van der Waals surface area contributed by atoms with Crippen LogP contribution in [0, 0.1) is 10.8 Å². The molecule has 224 valence electrons. The fraction of sp³-hybridized carbons (Fsp3) is 0.381. The fourth-order valence-corrected chi connectivity index (χ4v) is 10.2. The molecule has 12 rings (SSSR count). The molecule has 45 heavy (non-hydrogen) atoms. The maximum atomic E-state index is 14.3. The van der Waals surface area contributed by atoms with Gasteiger partial charge in [0.2, 0.25) is 0 Å². The van der Waals surface area contributed by atoms with Gasteiger partial charge in [-0.05, 0) is 121 Å². The predicted molar refractivity (Wildman–Crippen MR) is 183 cm³/mol. The van der Waals surface area contributed by atoms with E-state index >= 15 is 0 Å². The van der Waals surface area contributed by atoms with Crippen molar-refractivity contribution in [1.29, 1.82) is 0 Å². The van der Waals surface area contributed by atoms with E-state index in [9.17, 15) is 9.59 Å². The number of ketones is 2. The van der Waals surface area contributed by atoms with E-state index in [1.807, 2.05) is 0 Å². The Morgan fingerprint density at radius 3 is 1.36 bits per heavy atom. The Morgan fingerprint density at radius 2 is 0.911 bits per heavy atom. The van der Waals surface area contributed by atoms with Gasteiger partial charge in [0.05, 0.1) is 16.6 Å². The minimum Gasteiger partial charge on any atom is -0.308 e. The molecule has 0 N–H and O–H groups in total. The number of carbonyl (C=O) groups excluding carboxylic acids is 2. The van der Waals surface area contributed by atoms with Crippen LogP contribution in [0.2, 0.25) is 0 Å². The summed E-state index contributed by atoms with van der Waals surface area (Å²) in [6.07, 6.45) is 8.06. The van der Waals surface area contributed by atoms with Gasteiger partial charge in [-0.2, -0.15) is 0 Å². The summed E-state index contributed by atoms with van der Waals surface area (Å²) in [6.45, 7) is 9.15. The van der Waals surface area contributed by atoms with Crippen molar-refractivity contribution in [1.82, 2.24) is 4.40 Å². The molecule has 0 amide bonds. The monoisotopic (exact) mass is 589 g/mol. The maximum Gasteiger partial charge on any atom is 0.169 e. The quantitative estimate of drug-likeness (QED) is 0.191. The van der Waals surface area contributed by atoms with Gasteiger partial charge in [-0.1, -0.05) is 58.0 Å². The highest BCUT2D eigenvalue weighted by atomic mass is 16.1. The molecule has 0 radical (unpaired) electrons. The lowest BCUT2D eigenvalue weighted by Gasteiger charge is -2.38.